The molecule has 0 atom stereocenters. The Balaban J connectivity index is 2.02. The molecular formula is C18H22ClN3OS. The standard InChI is InChI=1S/C18H22ClN3OS/c1-23-12-4-11-21-18(24)22(14-17-5-2-3-10-20-17)13-15-6-8-16(19)9-7-15/h2-3,5-10H,4,11-14H2,1H3,(H,21,24). The molecular weight excluding hydrogens is 342 g/mol. The Morgan fingerprint density at radius 1 is 1.21 bits per heavy atom. The minimum absolute atomic E-state index is 0.652. The summed E-state index contributed by atoms with van der Waals surface area (Å²) >= 11 is 11.5. The Labute approximate surface area is 153 Å². The molecule has 24 heavy (non-hydrogen) atoms. The molecule has 0 fully saturated rings. The molecule has 1 heterocycles. The van der Waals surface area contributed by atoms with Gasteiger partial charge >= 0.3 is 0 Å². The quantitative estimate of drug-likeness (QED) is 0.572. The predicted molar refractivity (Wildman–Crippen MR) is 102 cm³/mol. The van der Waals surface area contributed by atoms with Gasteiger partial charge in [0.2, 0.25) is 0 Å². The first-order chi connectivity index (χ1) is 11.7. The molecule has 0 aliphatic carbocycles. The van der Waals surface area contributed by atoms with Gasteiger partial charge in [-0.1, -0.05) is 29.8 Å². The molecule has 0 aliphatic heterocycles. The van der Waals surface area contributed by atoms with Gasteiger partial charge in [0.25, 0.3) is 0 Å². The summed E-state index contributed by atoms with van der Waals surface area (Å²) in [5.41, 5.74) is 2.13. The van der Waals surface area contributed by atoms with Crippen LogP contribution in [0.25, 0.3) is 0 Å². The highest BCUT2D eigenvalue weighted by molar-refractivity contribution is 7.80. The first kappa shape index (κ1) is 18.6. The van der Waals surface area contributed by atoms with Crippen molar-refractivity contribution in [1.82, 2.24) is 15.2 Å². The van der Waals surface area contributed by atoms with E-state index >= 15 is 0 Å². The highest BCUT2D eigenvalue weighted by Gasteiger charge is 2.11. The number of nitrogens with one attached hydrogen (secondary N) is 1. The number of aromatic nitrogens is 1. The third-order valence-corrected chi connectivity index (χ3v) is 4.11. The van der Waals surface area contributed by atoms with Gasteiger partial charge in [-0.25, -0.2) is 0 Å². The second-order valence-electron chi connectivity index (χ2n) is 5.38. The molecule has 0 radical (unpaired) electrons. The van der Waals surface area contributed by atoms with Crippen LogP contribution in [0.4, 0.5) is 0 Å². The zero-order valence-electron chi connectivity index (χ0n) is 13.7. The van der Waals surface area contributed by atoms with Gasteiger partial charge in [0, 0.05) is 38.0 Å². The summed E-state index contributed by atoms with van der Waals surface area (Å²) in [6.45, 7) is 2.85. The monoisotopic (exact) mass is 363 g/mol. The summed E-state index contributed by atoms with van der Waals surface area (Å²) in [6.07, 6.45) is 2.71. The smallest absolute Gasteiger partial charge is 0.169 e. The lowest BCUT2D eigenvalue weighted by Gasteiger charge is -2.26. The molecule has 6 heteroatoms. The predicted octanol–water partition coefficient (Wildman–Crippen LogP) is 3.65. The van der Waals surface area contributed by atoms with E-state index in [1.165, 1.54) is 0 Å². The second-order valence-corrected chi connectivity index (χ2v) is 6.21. The molecule has 0 saturated carbocycles. The number of hydrogen-bond acceptors (Lipinski definition) is 3. The molecule has 4 nitrogen and oxygen atoms in total. The summed E-state index contributed by atoms with van der Waals surface area (Å²) < 4.78 is 5.07. The maximum absolute atomic E-state index is 5.97. The fourth-order valence-corrected chi connectivity index (χ4v) is 2.58. The molecule has 0 unspecified atom stereocenters. The van der Waals surface area contributed by atoms with Crippen molar-refractivity contribution in [3.8, 4) is 0 Å². The molecule has 128 valence electrons. The van der Waals surface area contributed by atoms with Crippen molar-refractivity contribution in [1.29, 1.82) is 0 Å². The number of nitrogens with zero attached hydrogens (tertiary/aromatic N) is 2. The number of halogens is 1. The lowest BCUT2D eigenvalue weighted by atomic mass is 10.2. The van der Waals surface area contributed by atoms with Crippen molar-refractivity contribution in [2.75, 3.05) is 20.3 Å². The molecule has 1 aromatic carbocycles. The van der Waals surface area contributed by atoms with E-state index in [1.54, 1.807) is 13.3 Å². The zero-order valence-corrected chi connectivity index (χ0v) is 15.3. The largest absolute Gasteiger partial charge is 0.385 e. The molecule has 0 saturated heterocycles. The highest BCUT2D eigenvalue weighted by atomic mass is 35.5. The van der Waals surface area contributed by atoms with Gasteiger partial charge < -0.3 is 15.0 Å². The maximum Gasteiger partial charge on any atom is 0.169 e. The van der Waals surface area contributed by atoms with Crippen molar-refractivity contribution in [3.63, 3.8) is 0 Å². The van der Waals surface area contributed by atoms with E-state index < -0.39 is 0 Å². The second kappa shape index (κ2) is 10.2. The molecule has 0 spiro atoms. The van der Waals surface area contributed by atoms with Crippen LogP contribution in [0.15, 0.2) is 48.7 Å². The summed E-state index contributed by atoms with van der Waals surface area (Å²) in [4.78, 5) is 6.50. The molecule has 0 bridgehead atoms. The normalized spacial score (nSPS) is 10.4. The van der Waals surface area contributed by atoms with Crippen LogP contribution in [-0.2, 0) is 17.8 Å². The third kappa shape index (κ3) is 6.43. The van der Waals surface area contributed by atoms with E-state index in [9.17, 15) is 0 Å². The molecule has 2 rings (SSSR count). The van der Waals surface area contributed by atoms with Gasteiger partial charge in [0.15, 0.2) is 5.11 Å². The first-order valence-electron chi connectivity index (χ1n) is 7.85. The van der Waals surface area contributed by atoms with Gasteiger partial charge in [-0.15, -0.1) is 0 Å². The minimum atomic E-state index is 0.652. The number of benzene rings is 1. The molecule has 0 aliphatic rings. The molecule has 2 aromatic rings. The SMILES string of the molecule is COCCCNC(=S)N(Cc1ccc(Cl)cc1)Cc1ccccn1. The lowest BCUT2D eigenvalue weighted by molar-refractivity contribution is 0.195. The van der Waals surface area contributed by atoms with E-state index in [2.05, 4.69) is 15.2 Å². The van der Waals surface area contributed by atoms with E-state index in [1.807, 2.05) is 42.5 Å². The molecule has 1 N–H and O–H groups in total. The van der Waals surface area contributed by atoms with Gasteiger partial charge in [-0.2, -0.15) is 0 Å². The number of rotatable bonds is 8. The Hall–Kier alpha value is -1.69. The lowest BCUT2D eigenvalue weighted by Crippen LogP contribution is -2.39. The minimum Gasteiger partial charge on any atom is -0.385 e. The summed E-state index contributed by atoms with van der Waals surface area (Å²) in [5.74, 6) is 0. The third-order valence-electron chi connectivity index (χ3n) is 3.45. The van der Waals surface area contributed by atoms with Crippen molar-refractivity contribution < 1.29 is 4.74 Å². The Morgan fingerprint density at radius 3 is 2.67 bits per heavy atom. The fraction of sp³-hybridized carbons (Fsp3) is 0.333. The average molecular weight is 364 g/mol. The van der Waals surface area contributed by atoms with Crippen molar-refractivity contribution in [3.05, 3.63) is 64.9 Å². The van der Waals surface area contributed by atoms with Crippen LogP contribution >= 0.6 is 23.8 Å². The van der Waals surface area contributed by atoms with Crippen LogP contribution < -0.4 is 5.32 Å². The van der Waals surface area contributed by atoms with Crippen molar-refractivity contribution >= 4 is 28.9 Å². The molecule has 1 aromatic heterocycles. The van der Waals surface area contributed by atoms with E-state index in [4.69, 9.17) is 28.6 Å². The van der Waals surface area contributed by atoms with Crippen molar-refractivity contribution in [2.24, 2.45) is 0 Å². The molecule has 0 amide bonds. The maximum atomic E-state index is 5.97. The summed E-state index contributed by atoms with van der Waals surface area (Å²) in [7, 11) is 1.70. The average Bonchev–Trinajstić information content (AvgIpc) is 2.61. The highest BCUT2D eigenvalue weighted by Crippen LogP contribution is 2.13. The van der Waals surface area contributed by atoms with Crippen LogP contribution in [0.5, 0.6) is 0 Å². The fourth-order valence-electron chi connectivity index (χ4n) is 2.22. The van der Waals surface area contributed by atoms with Crippen molar-refractivity contribution in [2.45, 2.75) is 19.5 Å². The van der Waals surface area contributed by atoms with Crippen LogP contribution in [0.1, 0.15) is 17.7 Å². The number of ether oxygens (including phenoxy) is 1. The van der Waals surface area contributed by atoms with Gasteiger partial charge in [-0.05, 0) is 48.5 Å². The Kier molecular flexibility index (Phi) is 7.95. The number of hydrogen-bond donors (Lipinski definition) is 1. The summed E-state index contributed by atoms with van der Waals surface area (Å²) in [6, 6.07) is 13.7. The summed E-state index contributed by atoms with van der Waals surface area (Å²) in [5, 5.41) is 4.74. The van der Waals surface area contributed by atoms with Crippen LogP contribution in [-0.4, -0.2) is 35.3 Å². The number of pyridine rings is 1. The zero-order chi connectivity index (χ0) is 17.2. The van der Waals surface area contributed by atoms with Gasteiger partial charge in [-0.3, -0.25) is 4.98 Å². The Morgan fingerprint density at radius 2 is 2.00 bits per heavy atom. The number of methoxy groups -OCH3 is 1. The van der Waals surface area contributed by atoms with E-state index in [0.29, 0.717) is 24.8 Å². The topological polar surface area (TPSA) is 37.4 Å². The van der Waals surface area contributed by atoms with Crippen LogP contribution in [0, 0.1) is 0 Å². The Bertz CT molecular complexity index is 622. The first-order valence-corrected chi connectivity index (χ1v) is 8.63. The van der Waals surface area contributed by atoms with E-state index in [-0.39, 0.29) is 0 Å². The van der Waals surface area contributed by atoms with Crippen LogP contribution in [0.3, 0.4) is 0 Å². The van der Waals surface area contributed by atoms with E-state index in [0.717, 1.165) is 29.2 Å². The van der Waals surface area contributed by atoms with Gasteiger partial charge in [0.05, 0.1) is 12.2 Å². The van der Waals surface area contributed by atoms with Crippen LogP contribution in [0.2, 0.25) is 5.02 Å². The van der Waals surface area contributed by atoms with Gasteiger partial charge in [0.1, 0.15) is 0 Å². The number of thiocarbonyl (C=S) groups is 1.